The van der Waals surface area contributed by atoms with Crippen LogP contribution in [0.15, 0.2) is 28.2 Å². The van der Waals surface area contributed by atoms with Crippen molar-refractivity contribution in [1.82, 2.24) is 10.6 Å². The number of amides is 1. The third kappa shape index (κ3) is 5.21. The molecule has 2 rings (SSSR count). The summed E-state index contributed by atoms with van der Waals surface area (Å²) < 4.78 is 0. The lowest BCUT2D eigenvalue weighted by Crippen LogP contribution is -2.40. The molecule has 1 amide bonds. The maximum Gasteiger partial charge on any atom is 0.269 e. The Morgan fingerprint density at radius 1 is 1.42 bits per heavy atom. The third-order valence-electron chi connectivity index (χ3n) is 4.98. The smallest absolute Gasteiger partial charge is 0.269 e. The van der Waals surface area contributed by atoms with Crippen LogP contribution in [0.1, 0.15) is 47.0 Å². The fraction of sp³-hybridized carbons (Fsp3) is 0.684. The minimum atomic E-state index is -0.0757. The van der Waals surface area contributed by atoms with Gasteiger partial charge in [0.05, 0.1) is 5.04 Å². The van der Waals surface area contributed by atoms with Crippen LogP contribution >= 0.6 is 11.8 Å². The lowest BCUT2D eigenvalue weighted by atomic mass is 9.94. The summed E-state index contributed by atoms with van der Waals surface area (Å²) in [7, 11) is 0. The molecular formula is C19H31N3OS. The van der Waals surface area contributed by atoms with Crippen LogP contribution in [0, 0.1) is 17.8 Å². The Morgan fingerprint density at radius 2 is 2.21 bits per heavy atom. The highest BCUT2D eigenvalue weighted by Crippen LogP contribution is 2.40. The molecule has 1 saturated heterocycles. The number of carbonyl (C=O) groups excluding carboxylic acids is 1. The summed E-state index contributed by atoms with van der Waals surface area (Å²) in [5.74, 6) is 2.26. The van der Waals surface area contributed by atoms with Crippen LogP contribution < -0.4 is 10.6 Å². The van der Waals surface area contributed by atoms with Crippen LogP contribution in [0.4, 0.5) is 0 Å². The van der Waals surface area contributed by atoms with Crippen molar-refractivity contribution in [1.29, 1.82) is 0 Å². The predicted octanol–water partition coefficient (Wildman–Crippen LogP) is 3.72. The Kier molecular flexibility index (Phi) is 7.56. The first kappa shape index (κ1) is 19.3. The molecule has 2 N–H and O–H groups in total. The summed E-state index contributed by atoms with van der Waals surface area (Å²) in [4.78, 5) is 16.9. The largest absolute Gasteiger partial charge is 0.349 e. The van der Waals surface area contributed by atoms with Crippen LogP contribution in [0.5, 0.6) is 0 Å². The Bertz CT molecular complexity index is 527. The van der Waals surface area contributed by atoms with Crippen LogP contribution in [-0.2, 0) is 4.79 Å². The number of rotatable bonds is 6. The molecule has 1 heterocycles. The molecule has 4 atom stereocenters. The fourth-order valence-electron chi connectivity index (χ4n) is 3.83. The monoisotopic (exact) mass is 349 g/mol. The van der Waals surface area contributed by atoms with Crippen molar-refractivity contribution < 1.29 is 4.79 Å². The average molecular weight is 350 g/mol. The van der Waals surface area contributed by atoms with Crippen LogP contribution in [0.25, 0.3) is 0 Å². The zero-order valence-corrected chi connectivity index (χ0v) is 16.2. The summed E-state index contributed by atoms with van der Waals surface area (Å²) in [6.07, 6.45) is 7.49. The first-order valence-corrected chi connectivity index (χ1v) is 9.97. The van der Waals surface area contributed by atoms with E-state index >= 15 is 0 Å². The minimum absolute atomic E-state index is 0.0757. The van der Waals surface area contributed by atoms with Crippen molar-refractivity contribution in [2.45, 2.75) is 53.0 Å². The van der Waals surface area contributed by atoms with Crippen molar-refractivity contribution in [3.63, 3.8) is 0 Å². The summed E-state index contributed by atoms with van der Waals surface area (Å²) in [5, 5.41) is 9.56. The van der Waals surface area contributed by atoms with Gasteiger partial charge in [-0.25, -0.2) is 4.99 Å². The number of fused-ring (bicyclic) bond motifs is 1. The molecule has 5 heteroatoms. The van der Waals surface area contributed by atoms with Crippen molar-refractivity contribution in [3.05, 3.63) is 23.3 Å². The lowest BCUT2D eigenvalue weighted by Gasteiger charge is -2.19. The van der Waals surface area contributed by atoms with E-state index in [0.717, 1.165) is 29.8 Å². The molecular weight excluding hydrogens is 318 g/mol. The number of carbonyl (C=O) groups is 1. The van der Waals surface area contributed by atoms with Crippen molar-refractivity contribution in [3.8, 4) is 0 Å². The van der Waals surface area contributed by atoms with E-state index in [1.165, 1.54) is 12.8 Å². The highest BCUT2D eigenvalue weighted by Gasteiger charge is 2.41. The Balaban J connectivity index is 1.84. The van der Waals surface area contributed by atoms with Gasteiger partial charge >= 0.3 is 0 Å². The number of nitrogens with zero attached hydrogens (tertiary/aromatic N) is 1. The second-order valence-corrected chi connectivity index (χ2v) is 8.03. The number of thioether (sulfide) groups is 1. The van der Waals surface area contributed by atoms with Crippen LogP contribution in [0.2, 0.25) is 0 Å². The van der Waals surface area contributed by atoms with E-state index < -0.39 is 0 Å². The topological polar surface area (TPSA) is 53.5 Å². The molecule has 0 aromatic carbocycles. The zero-order valence-electron chi connectivity index (χ0n) is 15.3. The lowest BCUT2D eigenvalue weighted by molar-refractivity contribution is -0.117. The SMILES string of the molecule is C/C=C(\N=C(C)S/C=C\CC)C(=O)NC[C@H]1NC[C@@H]2CC(C)C[C@@H]21. The molecule has 0 bridgehead atoms. The molecule has 1 saturated carbocycles. The molecule has 134 valence electrons. The van der Waals surface area contributed by atoms with Gasteiger partial charge in [-0.2, -0.15) is 0 Å². The van der Waals surface area contributed by atoms with Crippen molar-refractivity contribution >= 4 is 22.7 Å². The first-order valence-electron chi connectivity index (χ1n) is 9.10. The van der Waals surface area contributed by atoms with E-state index in [-0.39, 0.29) is 5.91 Å². The van der Waals surface area contributed by atoms with Gasteiger partial charge in [0.1, 0.15) is 5.70 Å². The van der Waals surface area contributed by atoms with E-state index in [0.29, 0.717) is 24.2 Å². The van der Waals surface area contributed by atoms with Gasteiger partial charge in [-0.3, -0.25) is 4.79 Å². The van der Waals surface area contributed by atoms with Gasteiger partial charge in [-0.05, 0) is 62.8 Å². The number of nitrogens with one attached hydrogen (secondary N) is 2. The molecule has 1 unspecified atom stereocenters. The van der Waals surface area contributed by atoms with E-state index in [9.17, 15) is 4.79 Å². The molecule has 24 heavy (non-hydrogen) atoms. The Hall–Kier alpha value is -1.07. The zero-order chi connectivity index (χ0) is 17.5. The number of aliphatic imine (C=N–C) groups is 1. The van der Waals surface area contributed by atoms with E-state index in [1.54, 1.807) is 17.8 Å². The van der Waals surface area contributed by atoms with Gasteiger partial charge in [-0.1, -0.05) is 37.8 Å². The van der Waals surface area contributed by atoms with E-state index in [1.807, 2.05) is 19.3 Å². The minimum Gasteiger partial charge on any atom is -0.349 e. The first-order chi connectivity index (χ1) is 11.5. The van der Waals surface area contributed by atoms with Crippen LogP contribution in [0.3, 0.4) is 0 Å². The molecule has 2 fully saturated rings. The number of hydrogen-bond donors (Lipinski definition) is 2. The van der Waals surface area contributed by atoms with E-state index in [4.69, 9.17) is 0 Å². The molecule has 4 nitrogen and oxygen atoms in total. The molecule has 0 aromatic rings. The second-order valence-electron chi connectivity index (χ2n) is 6.93. The number of allylic oxidation sites excluding steroid dienone is 2. The normalized spacial score (nSPS) is 30.8. The highest BCUT2D eigenvalue weighted by molar-refractivity contribution is 8.16. The van der Waals surface area contributed by atoms with E-state index in [2.05, 4.69) is 35.5 Å². The molecule has 1 aliphatic heterocycles. The van der Waals surface area contributed by atoms with Gasteiger partial charge in [0, 0.05) is 12.6 Å². The van der Waals surface area contributed by atoms with Gasteiger partial charge in [0.2, 0.25) is 0 Å². The second kappa shape index (κ2) is 9.42. The van der Waals surface area contributed by atoms with Gasteiger partial charge in [0.25, 0.3) is 5.91 Å². The maximum absolute atomic E-state index is 12.4. The quantitative estimate of drug-likeness (QED) is 0.436. The summed E-state index contributed by atoms with van der Waals surface area (Å²) >= 11 is 1.55. The van der Waals surface area contributed by atoms with Gasteiger partial charge in [0.15, 0.2) is 0 Å². The standard InChI is InChI=1S/C19H31N3OS/c1-5-7-8-24-14(4)22-17(6-2)19(23)21-12-18-16-10-13(3)9-15(16)11-20-18/h6-8,13,15-16,18,20H,5,9-12H2,1-4H3,(H,21,23)/b8-7-,17-6-,22-14?/t13?,15-,16-,18+/m0/s1. The highest BCUT2D eigenvalue weighted by atomic mass is 32.2. The third-order valence-corrected chi connectivity index (χ3v) is 5.74. The summed E-state index contributed by atoms with van der Waals surface area (Å²) in [5.41, 5.74) is 0.499. The number of hydrogen-bond acceptors (Lipinski definition) is 4. The summed E-state index contributed by atoms with van der Waals surface area (Å²) in [6, 6.07) is 0.411. The van der Waals surface area contributed by atoms with Gasteiger partial charge < -0.3 is 10.6 Å². The molecule has 0 aromatic heterocycles. The average Bonchev–Trinajstić information content (AvgIpc) is 3.09. The summed E-state index contributed by atoms with van der Waals surface area (Å²) in [6.45, 7) is 10.0. The Morgan fingerprint density at radius 3 is 2.92 bits per heavy atom. The van der Waals surface area contributed by atoms with Gasteiger partial charge in [-0.15, -0.1) is 0 Å². The molecule has 1 aliphatic carbocycles. The molecule has 0 radical (unpaired) electrons. The fourth-order valence-corrected chi connectivity index (χ4v) is 4.47. The van der Waals surface area contributed by atoms with Crippen LogP contribution in [-0.4, -0.2) is 30.1 Å². The van der Waals surface area contributed by atoms with Crippen molar-refractivity contribution in [2.75, 3.05) is 13.1 Å². The molecule has 0 spiro atoms. The maximum atomic E-state index is 12.4. The predicted molar refractivity (Wildman–Crippen MR) is 104 cm³/mol. The molecule has 2 aliphatic rings. The van der Waals surface area contributed by atoms with Crippen molar-refractivity contribution in [2.24, 2.45) is 22.7 Å². The Labute approximate surface area is 150 Å².